The van der Waals surface area contributed by atoms with E-state index >= 15 is 0 Å². The van der Waals surface area contributed by atoms with Crippen molar-refractivity contribution in [1.82, 2.24) is 10.3 Å². The first-order chi connectivity index (χ1) is 12.1. The number of nitrogens with zero attached hydrogens (tertiary/aromatic N) is 1. The van der Waals surface area contributed by atoms with E-state index in [9.17, 15) is 9.59 Å². The van der Waals surface area contributed by atoms with E-state index in [2.05, 4.69) is 27.8 Å². The Balaban J connectivity index is 1.40. The molecule has 0 aliphatic carbocycles. The number of thiophene rings is 2. The van der Waals surface area contributed by atoms with E-state index in [0.29, 0.717) is 6.54 Å². The average Bonchev–Trinajstić information content (AvgIpc) is 3.33. The molecule has 1 amide bonds. The van der Waals surface area contributed by atoms with Crippen LogP contribution in [0.15, 0.2) is 35.0 Å². The molecule has 4 nitrogen and oxygen atoms in total. The fourth-order valence-electron chi connectivity index (χ4n) is 2.33. The molecule has 0 fully saturated rings. The van der Waals surface area contributed by atoms with Gasteiger partial charge in [0, 0.05) is 29.6 Å². The molecule has 0 radical (unpaired) electrons. The molecule has 0 spiro atoms. The number of ketones is 1. The van der Waals surface area contributed by atoms with Gasteiger partial charge in [-0.2, -0.15) is 0 Å². The molecular weight excluding hydrogens is 372 g/mol. The number of hydrogen-bond donors (Lipinski definition) is 1. The zero-order chi connectivity index (χ0) is 17.6. The zero-order valence-electron chi connectivity index (χ0n) is 13.8. The van der Waals surface area contributed by atoms with Crippen molar-refractivity contribution in [2.75, 3.05) is 6.54 Å². The van der Waals surface area contributed by atoms with E-state index in [1.54, 1.807) is 28.7 Å². The summed E-state index contributed by atoms with van der Waals surface area (Å²) >= 11 is 4.77. The van der Waals surface area contributed by atoms with E-state index in [0.717, 1.165) is 26.9 Å². The summed E-state index contributed by atoms with van der Waals surface area (Å²) in [6.07, 6.45) is 1.29. The van der Waals surface area contributed by atoms with Gasteiger partial charge in [0.05, 0.1) is 20.5 Å². The topological polar surface area (TPSA) is 59.1 Å². The summed E-state index contributed by atoms with van der Waals surface area (Å²) in [6, 6.07) is 7.81. The molecule has 0 unspecified atom stereocenters. The molecule has 0 aliphatic heterocycles. The molecule has 0 aliphatic rings. The highest BCUT2D eigenvalue weighted by Gasteiger charge is 2.10. The van der Waals surface area contributed by atoms with Gasteiger partial charge in [-0.1, -0.05) is 6.07 Å². The number of hydrogen-bond acceptors (Lipinski definition) is 6. The number of amides is 1. The van der Waals surface area contributed by atoms with E-state index in [1.807, 2.05) is 18.4 Å². The van der Waals surface area contributed by atoms with Crippen LogP contribution in [0.5, 0.6) is 0 Å². The quantitative estimate of drug-likeness (QED) is 0.574. The first-order valence-corrected chi connectivity index (χ1v) is 10.5. The number of carbonyl (C=O) groups excluding carboxylic acids is 2. The highest BCUT2D eigenvalue weighted by molar-refractivity contribution is 7.16. The van der Waals surface area contributed by atoms with Crippen molar-refractivity contribution >= 4 is 45.7 Å². The van der Waals surface area contributed by atoms with Gasteiger partial charge in [0.1, 0.15) is 0 Å². The van der Waals surface area contributed by atoms with Crippen molar-refractivity contribution in [3.63, 3.8) is 0 Å². The second kappa shape index (κ2) is 8.51. The minimum Gasteiger partial charge on any atom is -0.356 e. The van der Waals surface area contributed by atoms with E-state index in [-0.39, 0.29) is 24.5 Å². The molecule has 0 atom stereocenters. The van der Waals surface area contributed by atoms with Gasteiger partial charge in [-0.25, -0.2) is 4.98 Å². The van der Waals surface area contributed by atoms with Crippen LogP contribution in [0, 0.1) is 6.92 Å². The largest absolute Gasteiger partial charge is 0.356 e. The van der Waals surface area contributed by atoms with Gasteiger partial charge in [-0.15, -0.1) is 34.0 Å². The lowest BCUT2D eigenvalue weighted by Crippen LogP contribution is -2.25. The van der Waals surface area contributed by atoms with Crippen LogP contribution in [0.3, 0.4) is 0 Å². The second-order valence-electron chi connectivity index (χ2n) is 5.52. The Morgan fingerprint density at radius 2 is 2.04 bits per heavy atom. The van der Waals surface area contributed by atoms with Crippen molar-refractivity contribution in [1.29, 1.82) is 0 Å². The predicted molar refractivity (Wildman–Crippen MR) is 105 cm³/mol. The van der Waals surface area contributed by atoms with Crippen LogP contribution in [-0.2, 0) is 11.2 Å². The van der Waals surface area contributed by atoms with Crippen molar-refractivity contribution < 1.29 is 9.59 Å². The first kappa shape index (κ1) is 18.0. The molecule has 0 saturated carbocycles. The Morgan fingerprint density at radius 1 is 1.16 bits per heavy atom. The van der Waals surface area contributed by atoms with Crippen LogP contribution in [0.4, 0.5) is 0 Å². The number of thiazole rings is 1. The summed E-state index contributed by atoms with van der Waals surface area (Å²) in [4.78, 5) is 31.3. The van der Waals surface area contributed by atoms with Crippen LogP contribution in [0.1, 0.15) is 32.4 Å². The highest BCUT2D eigenvalue weighted by Crippen LogP contribution is 2.29. The van der Waals surface area contributed by atoms with Crippen LogP contribution < -0.4 is 5.32 Å². The summed E-state index contributed by atoms with van der Waals surface area (Å²) in [5.74, 6) is -0.0385. The molecule has 0 saturated heterocycles. The molecule has 3 aromatic rings. The first-order valence-electron chi connectivity index (χ1n) is 7.96. The number of nitrogens with one attached hydrogen (secondary N) is 1. The van der Waals surface area contributed by atoms with Crippen molar-refractivity contribution in [3.05, 3.63) is 49.8 Å². The van der Waals surface area contributed by atoms with Crippen LogP contribution in [0.25, 0.3) is 10.6 Å². The fourth-order valence-corrected chi connectivity index (χ4v) is 4.68. The maximum absolute atomic E-state index is 11.9. The average molecular weight is 391 g/mol. The summed E-state index contributed by atoms with van der Waals surface area (Å²) in [5.41, 5.74) is 1.02. The lowest BCUT2D eigenvalue weighted by molar-refractivity contribution is -0.121. The van der Waals surface area contributed by atoms with Crippen molar-refractivity contribution in [2.24, 2.45) is 0 Å². The third-order valence-corrected chi connectivity index (χ3v) is 6.45. The lowest BCUT2D eigenvalue weighted by Gasteiger charge is -2.03. The molecule has 7 heteroatoms. The number of Topliss-reactive ketones (excluding diaryl/α,β-unsaturated/α-hetero) is 1. The number of aromatic nitrogens is 1. The van der Waals surface area contributed by atoms with Crippen LogP contribution >= 0.6 is 34.0 Å². The molecule has 130 valence electrons. The molecule has 3 aromatic heterocycles. The lowest BCUT2D eigenvalue weighted by atomic mass is 10.2. The molecule has 1 N–H and O–H groups in total. The van der Waals surface area contributed by atoms with E-state index in [4.69, 9.17) is 0 Å². The Morgan fingerprint density at radius 3 is 2.76 bits per heavy atom. The van der Waals surface area contributed by atoms with Crippen molar-refractivity contribution in [3.8, 4) is 10.6 Å². The van der Waals surface area contributed by atoms with Gasteiger partial charge in [-0.05, 0) is 36.9 Å². The molecule has 3 rings (SSSR count). The van der Waals surface area contributed by atoms with Crippen LogP contribution in [0.2, 0.25) is 0 Å². The maximum atomic E-state index is 11.9. The minimum absolute atomic E-state index is 0.0339. The normalized spacial score (nSPS) is 10.8. The van der Waals surface area contributed by atoms with E-state index in [1.165, 1.54) is 16.2 Å². The predicted octanol–water partition coefficient (Wildman–Crippen LogP) is 4.56. The molecule has 25 heavy (non-hydrogen) atoms. The van der Waals surface area contributed by atoms with Gasteiger partial charge in [0.2, 0.25) is 5.91 Å². The third kappa shape index (κ3) is 5.07. The van der Waals surface area contributed by atoms with Gasteiger partial charge >= 0.3 is 0 Å². The number of rotatable bonds is 8. The Bertz CT molecular complexity index is 849. The van der Waals surface area contributed by atoms with Gasteiger partial charge in [0.15, 0.2) is 5.78 Å². The number of aryl methyl sites for hydroxylation is 1. The zero-order valence-corrected chi connectivity index (χ0v) is 16.2. The van der Waals surface area contributed by atoms with Gasteiger partial charge < -0.3 is 5.32 Å². The van der Waals surface area contributed by atoms with Gasteiger partial charge in [0.25, 0.3) is 0 Å². The maximum Gasteiger partial charge on any atom is 0.220 e. The fraction of sp³-hybridized carbons (Fsp3) is 0.278. The summed E-state index contributed by atoms with van der Waals surface area (Å²) in [6.45, 7) is 2.59. The van der Waals surface area contributed by atoms with Crippen molar-refractivity contribution in [2.45, 2.75) is 26.2 Å². The highest BCUT2D eigenvalue weighted by atomic mass is 32.1. The standard InChI is InChI=1S/C18H18N2O2S3/c1-12-20-14(11-24-12)16-6-4-13(25-16)8-9-19-18(22)7-5-15(21)17-3-2-10-23-17/h2-4,6,10-11H,5,7-9H2,1H3,(H,19,22). The van der Waals surface area contributed by atoms with Crippen LogP contribution in [-0.4, -0.2) is 23.2 Å². The smallest absolute Gasteiger partial charge is 0.220 e. The Labute approximate surface area is 158 Å². The summed E-state index contributed by atoms with van der Waals surface area (Å²) < 4.78 is 0. The summed E-state index contributed by atoms with van der Waals surface area (Å²) in [7, 11) is 0. The molecular formula is C18H18N2O2S3. The minimum atomic E-state index is -0.0724. The summed E-state index contributed by atoms with van der Waals surface area (Å²) in [5, 5.41) is 7.89. The second-order valence-corrected chi connectivity index (χ2v) is 8.70. The molecule has 0 aromatic carbocycles. The molecule has 3 heterocycles. The Kier molecular flexibility index (Phi) is 6.12. The third-order valence-electron chi connectivity index (χ3n) is 3.60. The number of carbonyl (C=O) groups is 2. The van der Waals surface area contributed by atoms with E-state index < -0.39 is 0 Å². The molecule has 0 bridgehead atoms. The SMILES string of the molecule is Cc1nc(-c2ccc(CCNC(=O)CCC(=O)c3cccs3)s2)cs1. The monoisotopic (exact) mass is 390 g/mol. The Hall–Kier alpha value is -1.83. The van der Waals surface area contributed by atoms with Gasteiger partial charge in [-0.3, -0.25) is 9.59 Å².